The molecule has 26 heavy (non-hydrogen) atoms. The summed E-state index contributed by atoms with van der Waals surface area (Å²) >= 11 is 0. The van der Waals surface area contributed by atoms with Crippen molar-refractivity contribution in [1.82, 2.24) is 0 Å². The molecule has 0 aliphatic carbocycles. The highest BCUT2D eigenvalue weighted by Gasteiger charge is 2.31. The van der Waals surface area contributed by atoms with Crippen molar-refractivity contribution in [1.29, 1.82) is 0 Å². The van der Waals surface area contributed by atoms with Crippen LogP contribution in [0.25, 0.3) is 0 Å². The summed E-state index contributed by atoms with van der Waals surface area (Å²) in [6.07, 6.45) is 1.15. The maximum Gasteiger partial charge on any atom is 0.303 e. The summed E-state index contributed by atoms with van der Waals surface area (Å²) in [7, 11) is 0. The van der Waals surface area contributed by atoms with Gasteiger partial charge in [-0.2, -0.15) is 0 Å². The van der Waals surface area contributed by atoms with E-state index in [0.29, 0.717) is 11.4 Å². The zero-order chi connectivity index (χ0) is 19.1. The SMILES string of the molecule is CC(=O)Nc1ccc(O[C@@H]2C=C[C@H](OC(C)=O)C(COC(C)=O)O2)cc1. The summed E-state index contributed by atoms with van der Waals surface area (Å²) < 4.78 is 21.5. The third kappa shape index (κ3) is 6.21. The van der Waals surface area contributed by atoms with E-state index in [2.05, 4.69) is 5.32 Å². The number of carbonyl (C=O) groups excluding carboxylic acids is 3. The van der Waals surface area contributed by atoms with E-state index in [9.17, 15) is 14.4 Å². The van der Waals surface area contributed by atoms with Gasteiger partial charge in [-0.25, -0.2) is 0 Å². The molecule has 0 saturated carbocycles. The number of carbonyl (C=O) groups is 3. The third-order valence-electron chi connectivity index (χ3n) is 3.31. The Morgan fingerprint density at radius 1 is 1.04 bits per heavy atom. The second-order valence-corrected chi connectivity index (χ2v) is 5.63. The number of benzene rings is 1. The van der Waals surface area contributed by atoms with Crippen molar-refractivity contribution in [3.63, 3.8) is 0 Å². The predicted octanol–water partition coefficient (Wildman–Crippen LogP) is 1.80. The van der Waals surface area contributed by atoms with Crippen LogP contribution < -0.4 is 10.1 Å². The van der Waals surface area contributed by atoms with E-state index in [4.69, 9.17) is 18.9 Å². The van der Waals surface area contributed by atoms with Crippen molar-refractivity contribution in [3.8, 4) is 5.75 Å². The first-order chi connectivity index (χ1) is 12.3. The smallest absolute Gasteiger partial charge is 0.303 e. The molecule has 1 amide bonds. The van der Waals surface area contributed by atoms with Crippen molar-refractivity contribution in [2.45, 2.75) is 39.3 Å². The number of esters is 2. The van der Waals surface area contributed by atoms with Crippen LogP contribution in [-0.4, -0.2) is 43.0 Å². The molecule has 1 N–H and O–H groups in total. The van der Waals surface area contributed by atoms with Gasteiger partial charge in [0.25, 0.3) is 0 Å². The highest BCUT2D eigenvalue weighted by molar-refractivity contribution is 5.88. The van der Waals surface area contributed by atoms with Crippen LogP contribution in [0.4, 0.5) is 5.69 Å². The molecule has 1 heterocycles. The molecule has 0 spiro atoms. The molecule has 1 aliphatic heterocycles. The first kappa shape index (κ1) is 19.5. The first-order valence-electron chi connectivity index (χ1n) is 8.02. The molecule has 1 aromatic rings. The molecule has 1 aliphatic rings. The molecule has 0 bridgehead atoms. The van der Waals surface area contributed by atoms with Crippen LogP contribution in [0.5, 0.6) is 5.75 Å². The molecule has 8 nitrogen and oxygen atoms in total. The van der Waals surface area contributed by atoms with Gasteiger partial charge in [0.1, 0.15) is 24.6 Å². The maximum atomic E-state index is 11.2. The lowest BCUT2D eigenvalue weighted by Gasteiger charge is -2.31. The van der Waals surface area contributed by atoms with Gasteiger partial charge in [0.15, 0.2) is 0 Å². The number of rotatable bonds is 6. The Labute approximate surface area is 151 Å². The molecule has 0 aromatic heterocycles. The summed E-state index contributed by atoms with van der Waals surface area (Å²) in [5.74, 6) is -0.576. The second-order valence-electron chi connectivity index (χ2n) is 5.63. The average Bonchev–Trinajstić information content (AvgIpc) is 2.55. The number of amides is 1. The van der Waals surface area contributed by atoms with Crippen LogP contribution >= 0.6 is 0 Å². The molecule has 1 aromatic carbocycles. The van der Waals surface area contributed by atoms with E-state index in [-0.39, 0.29) is 12.5 Å². The van der Waals surface area contributed by atoms with Crippen LogP contribution in [0, 0.1) is 0 Å². The van der Waals surface area contributed by atoms with Crippen LogP contribution in [0.1, 0.15) is 20.8 Å². The normalized spacial score (nSPS) is 21.6. The highest BCUT2D eigenvalue weighted by Crippen LogP contribution is 2.22. The molecular weight excluding hydrogens is 342 g/mol. The van der Waals surface area contributed by atoms with Crippen LogP contribution in [0.3, 0.4) is 0 Å². The Morgan fingerprint density at radius 2 is 1.73 bits per heavy atom. The molecule has 140 valence electrons. The average molecular weight is 363 g/mol. The summed E-state index contributed by atoms with van der Waals surface area (Å²) in [5, 5.41) is 2.66. The quantitative estimate of drug-likeness (QED) is 0.607. The van der Waals surface area contributed by atoms with Crippen molar-refractivity contribution in [3.05, 3.63) is 36.4 Å². The zero-order valence-electron chi connectivity index (χ0n) is 14.8. The van der Waals surface area contributed by atoms with Gasteiger partial charge in [-0.15, -0.1) is 0 Å². The van der Waals surface area contributed by atoms with Gasteiger partial charge in [0.2, 0.25) is 12.2 Å². The Hall–Kier alpha value is -2.87. The Balaban J connectivity index is 2.01. The molecule has 2 rings (SSSR count). The lowest BCUT2D eigenvalue weighted by molar-refractivity contribution is -0.178. The minimum atomic E-state index is -0.742. The second kappa shape index (κ2) is 9.00. The van der Waals surface area contributed by atoms with Gasteiger partial charge in [0.05, 0.1) is 0 Å². The van der Waals surface area contributed by atoms with Crippen LogP contribution in [0.2, 0.25) is 0 Å². The molecule has 3 atom stereocenters. The summed E-state index contributed by atoms with van der Waals surface area (Å²) in [6, 6.07) is 6.76. The monoisotopic (exact) mass is 363 g/mol. The van der Waals surface area contributed by atoms with E-state index in [0.717, 1.165) is 0 Å². The Kier molecular flexibility index (Phi) is 6.74. The molecule has 0 fully saturated rings. The fraction of sp³-hybridized carbons (Fsp3) is 0.389. The van der Waals surface area contributed by atoms with Gasteiger partial charge in [-0.05, 0) is 36.4 Å². The third-order valence-corrected chi connectivity index (χ3v) is 3.31. The fourth-order valence-electron chi connectivity index (χ4n) is 2.28. The van der Waals surface area contributed by atoms with Gasteiger partial charge in [-0.3, -0.25) is 14.4 Å². The van der Waals surface area contributed by atoms with E-state index in [1.807, 2.05) is 0 Å². The molecule has 8 heteroatoms. The van der Waals surface area contributed by atoms with E-state index in [1.54, 1.807) is 36.4 Å². The number of hydrogen-bond donors (Lipinski definition) is 1. The van der Waals surface area contributed by atoms with Crippen LogP contribution in [-0.2, 0) is 28.6 Å². The van der Waals surface area contributed by atoms with Gasteiger partial charge >= 0.3 is 11.9 Å². The summed E-state index contributed by atoms with van der Waals surface area (Å²) in [5.41, 5.74) is 0.646. The number of nitrogens with one attached hydrogen (secondary N) is 1. The lowest BCUT2D eigenvalue weighted by atomic mass is 10.1. The minimum absolute atomic E-state index is 0.0705. The topological polar surface area (TPSA) is 100 Å². The largest absolute Gasteiger partial charge is 0.463 e. The molecule has 1 unspecified atom stereocenters. The van der Waals surface area contributed by atoms with Crippen molar-refractivity contribution in [2.75, 3.05) is 11.9 Å². The van der Waals surface area contributed by atoms with E-state index in [1.165, 1.54) is 20.8 Å². The van der Waals surface area contributed by atoms with E-state index < -0.39 is 30.4 Å². The maximum absolute atomic E-state index is 11.2. The Morgan fingerprint density at radius 3 is 2.31 bits per heavy atom. The fourth-order valence-corrected chi connectivity index (χ4v) is 2.28. The number of hydrogen-bond acceptors (Lipinski definition) is 7. The number of ether oxygens (including phenoxy) is 4. The predicted molar refractivity (Wildman–Crippen MR) is 91.4 cm³/mol. The van der Waals surface area contributed by atoms with E-state index >= 15 is 0 Å². The standard InChI is InChI=1S/C18H21NO7/c1-11(20)19-14-4-6-15(7-5-14)25-18-9-8-16(24-13(3)22)17(26-18)10-23-12(2)21/h4-9,16-18H,10H2,1-3H3,(H,19,20)/t16-,17?,18-/m0/s1. The Bertz CT molecular complexity index is 683. The summed E-state index contributed by atoms with van der Waals surface area (Å²) in [6.45, 7) is 3.92. The highest BCUT2D eigenvalue weighted by atomic mass is 16.7. The minimum Gasteiger partial charge on any atom is -0.463 e. The molecule has 0 radical (unpaired) electrons. The first-order valence-corrected chi connectivity index (χ1v) is 8.02. The van der Waals surface area contributed by atoms with Gasteiger partial charge in [0, 0.05) is 26.5 Å². The zero-order valence-corrected chi connectivity index (χ0v) is 14.8. The lowest BCUT2D eigenvalue weighted by Crippen LogP contribution is -2.42. The van der Waals surface area contributed by atoms with Crippen molar-refractivity contribution >= 4 is 23.5 Å². The van der Waals surface area contributed by atoms with Crippen LogP contribution in [0.15, 0.2) is 36.4 Å². The van der Waals surface area contributed by atoms with Crippen molar-refractivity contribution in [2.24, 2.45) is 0 Å². The molecule has 0 saturated heterocycles. The van der Waals surface area contributed by atoms with Gasteiger partial charge in [-0.1, -0.05) is 0 Å². The van der Waals surface area contributed by atoms with Gasteiger partial charge < -0.3 is 24.3 Å². The van der Waals surface area contributed by atoms with Crippen molar-refractivity contribution < 1.29 is 33.3 Å². The summed E-state index contributed by atoms with van der Waals surface area (Å²) in [4.78, 5) is 33.3. The molecular formula is C18H21NO7. The number of anilines is 1.